The molecule has 0 fully saturated rings. The molecule has 0 aromatic rings. The SMILES string of the molecule is CCCCCOC(=O)CC(C(=O)OCCCCC)S(=O)(=O)ON. The van der Waals surface area contributed by atoms with Crippen molar-refractivity contribution >= 4 is 22.1 Å². The maximum atomic E-state index is 11.9. The number of rotatable bonds is 13. The zero-order valence-electron chi connectivity index (χ0n) is 13.8. The molecule has 0 aliphatic rings. The Hall–Kier alpha value is -1.19. The minimum Gasteiger partial charge on any atom is -0.466 e. The molecular formula is C14H27NO7S. The fraction of sp³-hybridized carbons (Fsp3) is 0.857. The van der Waals surface area contributed by atoms with E-state index >= 15 is 0 Å². The number of ether oxygens (including phenoxy) is 2. The Morgan fingerprint density at radius 2 is 1.48 bits per heavy atom. The second kappa shape index (κ2) is 12.3. The number of nitrogens with two attached hydrogens (primary N) is 1. The average molecular weight is 353 g/mol. The minimum atomic E-state index is -4.43. The van der Waals surface area contributed by atoms with E-state index in [0.717, 1.165) is 25.7 Å². The van der Waals surface area contributed by atoms with Gasteiger partial charge in [-0.05, 0) is 12.8 Å². The maximum Gasteiger partial charge on any atom is 0.327 e. The monoisotopic (exact) mass is 353 g/mol. The summed E-state index contributed by atoms with van der Waals surface area (Å²) in [6.07, 6.45) is 4.22. The van der Waals surface area contributed by atoms with Crippen molar-refractivity contribution < 1.29 is 31.8 Å². The molecule has 0 radical (unpaired) electrons. The van der Waals surface area contributed by atoms with Gasteiger partial charge in [-0.1, -0.05) is 39.5 Å². The molecule has 0 aromatic carbocycles. The molecule has 1 atom stereocenters. The number of esters is 2. The first-order valence-corrected chi connectivity index (χ1v) is 9.30. The van der Waals surface area contributed by atoms with E-state index in [1.54, 1.807) is 0 Å². The summed E-state index contributed by atoms with van der Waals surface area (Å²) in [5, 5.41) is -1.81. The van der Waals surface area contributed by atoms with Gasteiger partial charge in [0.25, 0.3) is 10.1 Å². The first-order chi connectivity index (χ1) is 10.9. The van der Waals surface area contributed by atoms with Crippen LogP contribution in [0.4, 0.5) is 0 Å². The summed E-state index contributed by atoms with van der Waals surface area (Å²) in [4.78, 5) is 23.5. The zero-order chi connectivity index (χ0) is 17.7. The third kappa shape index (κ3) is 9.52. The number of hydrogen-bond acceptors (Lipinski definition) is 8. The van der Waals surface area contributed by atoms with E-state index in [1.165, 1.54) is 0 Å². The van der Waals surface area contributed by atoms with E-state index in [2.05, 4.69) is 10.2 Å². The summed E-state index contributed by atoms with van der Waals surface area (Å²) in [5.74, 6) is 2.82. The number of carbonyl (C=O) groups is 2. The molecule has 9 heteroatoms. The van der Waals surface area contributed by atoms with E-state index in [-0.39, 0.29) is 13.2 Å². The van der Waals surface area contributed by atoms with Crippen molar-refractivity contribution in [3.8, 4) is 0 Å². The molecule has 0 bridgehead atoms. The second-order valence-electron chi connectivity index (χ2n) is 5.08. The highest BCUT2D eigenvalue weighted by Crippen LogP contribution is 2.12. The average Bonchev–Trinajstić information content (AvgIpc) is 2.53. The molecule has 0 rings (SSSR count). The summed E-state index contributed by atoms with van der Waals surface area (Å²) in [6.45, 7) is 4.23. The summed E-state index contributed by atoms with van der Waals surface area (Å²) in [5.41, 5.74) is 0. The topological polar surface area (TPSA) is 122 Å². The van der Waals surface area contributed by atoms with Crippen LogP contribution in [-0.2, 0) is 33.5 Å². The molecule has 2 N–H and O–H groups in total. The first-order valence-electron chi connectivity index (χ1n) is 7.83. The molecular weight excluding hydrogens is 326 g/mol. The fourth-order valence-corrected chi connectivity index (χ4v) is 2.51. The quantitative estimate of drug-likeness (QED) is 0.300. The number of hydrogen-bond donors (Lipinski definition) is 1. The molecule has 0 saturated heterocycles. The minimum absolute atomic E-state index is 0.0782. The summed E-state index contributed by atoms with van der Waals surface area (Å²) in [7, 11) is -4.43. The van der Waals surface area contributed by atoms with Crippen LogP contribution in [0.15, 0.2) is 0 Å². The molecule has 0 aliphatic heterocycles. The standard InChI is InChI=1S/C14H27NO7S/c1-3-5-7-9-20-13(16)11-12(23(18,19)22-15)14(17)21-10-8-6-4-2/h12H,3-11,15H2,1-2H3. The lowest BCUT2D eigenvalue weighted by atomic mass is 10.2. The molecule has 0 aliphatic carbocycles. The van der Waals surface area contributed by atoms with Crippen LogP contribution in [-0.4, -0.2) is 38.8 Å². The van der Waals surface area contributed by atoms with Gasteiger partial charge in [0.15, 0.2) is 5.25 Å². The van der Waals surface area contributed by atoms with Gasteiger partial charge in [0, 0.05) is 0 Å². The highest BCUT2D eigenvalue weighted by Gasteiger charge is 2.37. The zero-order valence-corrected chi connectivity index (χ0v) is 14.6. The van der Waals surface area contributed by atoms with Crippen molar-refractivity contribution in [2.24, 2.45) is 5.90 Å². The Kier molecular flexibility index (Phi) is 11.6. The second-order valence-corrected chi connectivity index (χ2v) is 6.83. The molecule has 8 nitrogen and oxygen atoms in total. The third-order valence-electron chi connectivity index (χ3n) is 3.10. The van der Waals surface area contributed by atoms with Gasteiger partial charge in [-0.3, -0.25) is 9.59 Å². The van der Waals surface area contributed by atoms with Gasteiger partial charge < -0.3 is 9.47 Å². The van der Waals surface area contributed by atoms with Crippen molar-refractivity contribution in [2.45, 2.75) is 64.0 Å². The van der Waals surface area contributed by atoms with Crippen molar-refractivity contribution in [3.63, 3.8) is 0 Å². The van der Waals surface area contributed by atoms with Gasteiger partial charge in [-0.15, -0.1) is 0 Å². The first kappa shape index (κ1) is 21.8. The van der Waals surface area contributed by atoms with Gasteiger partial charge >= 0.3 is 11.9 Å². The van der Waals surface area contributed by atoms with E-state index in [1.807, 2.05) is 13.8 Å². The molecule has 0 saturated carbocycles. The highest BCUT2D eigenvalue weighted by molar-refractivity contribution is 7.88. The maximum absolute atomic E-state index is 11.9. The largest absolute Gasteiger partial charge is 0.466 e. The Morgan fingerprint density at radius 3 is 1.96 bits per heavy atom. The summed E-state index contributed by atoms with van der Waals surface area (Å²) >= 11 is 0. The molecule has 0 heterocycles. The van der Waals surface area contributed by atoms with Gasteiger partial charge in [0.05, 0.1) is 19.6 Å². The van der Waals surface area contributed by atoms with Crippen LogP contribution in [0.2, 0.25) is 0 Å². The van der Waals surface area contributed by atoms with E-state index in [9.17, 15) is 18.0 Å². The lowest BCUT2D eigenvalue weighted by Crippen LogP contribution is -2.37. The molecule has 136 valence electrons. The van der Waals surface area contributed by atoms with Gasteiger partial charge in [0.2, 0.25) is 0 Å². The normalized spacial score (nSPS) is 12.7. The predicted molar refractivity (Wildman–Crippen MR) is 83.6 cm³/mol. The van der Waals surface area contributed by atoms with E-state index in [4.69, 9.17) is 9.47 Å². The Bertz CT molecular complexity index is 450. The Balaban J connectivity index is 4.58. The van der Waals surface area contributed by atoms with Crippen LogP contribution in [0.1, 0.15) is 58.8 Å². The third-order valence-corrected chi connectivity index (χ3v) is 4.42. The van der Waals surface area contributed by atoms with Crippen LogP contribution in [0.5, 0.6) is 0 Å². The Labute approximate surface area is 137 Å². The van der Waals surface area contributed by atoms with Crippen LogP contribution in [0, 0.1) is 0 Å². The van der Waals surface area contributed by atoms with Crippen LogP contribution in [0.3, 0.4) is 0 Å². The predicted octanol–water partition coefficient (Wildman–Crippen LogP) is 1.43. The van der Waals surface area contributed by atoms with Crippen molar-refractivity contribution in [1.82, 2.24) is 0 Å². The molecule has 23 heavy (non-hydrogen) atoms. The van der Waals surface area contributed by atoms with E-state index in [0.29, 0.717) is 12.8 Å². The molecule has 0 aromatic heterocycles. The summed E-state index contributed by atoms with van der Waals surface area (Å²) in [6, 6.07) is 0. The van der Waals surface area contributed by atoms with Crippen molar-refractivity contribution in [2.75, 3.05) is 13.2 Å². The lowest BCUT2D eigenvalue weighted by Gasteiger charge is -2.14. The fourth-order valence-electron chi connectivity index (χ4n) is 1.74. The molecule has 0 spiro atoms. The summed E-state index contributed by atoms with van der Waals surface area (Å²) < 4.78 is 37.0. The number of unbranched alkanes of at least 4 members (excludes halogenated alkanes) is 4. The number of carbonyl (C=O) groups excluding carboxylic acids is 2. The highest BCUT2D eigenvalue weighted by atomic mass is 32.2. The van der Waals surface area contributed by atoms with Crippen LogP contribution in [0.25, 0.3) is 0 Å². The lowest BCUT2D eigenvalue weighted by molar-refractivity contribution is -0.150. The molecule has 0 amide bonds. The van der Waals surface area contributed by atoms with Gasteiger partial charge in [-0.25, -0.2) is 0 Å². The smallest absolute Gasteiger partial charge is 0.327 e. The van der Waals surface area contributed by atoms with Gasteiger partial charge in [0.1, 0.15) is 0 Å². The van der Waals surface area contributed by atoms with Crippen molar-refractivity contribution in [3.05, 3.63) is 0 Å². The van der Waals surface area contributed by atoms with Crippen LogP contribution < -0.4 is 5.90 Å². The van der Waals surface area contributed by atoms with Gasteiger partial charge in [-0.2, -0.15) is 18.6 Å². The van der Waals surface area contributed by atoms with Crippen molar-refractivity contribution in [1.29, 1.82) is 0 Å². The molecule has 1 unspecified atom stereocenters. The Morgan fingerprint density at radius 1 is 0.957 bits per heavy atom. The van der Waals surface area contributed by atoms with Crippen LogP contribution >= 0.6 is 0 Å². The van der Waals surface area contributed by atoms with E-state index < -0.39 is 33.7 Å².